The van der Waals surface area contributed by atoms with Gasteiger partial charge < -0.3 is 10.0 Å². The first-order chi connectivity index (χ1) is 8.58. The van der Waals surface area contributed by atoms with E-state index < -0.39 is 5.97 Å². The molecule has 0 saturated carbocycles. The highest BCUT2D eigenvalue weighted by Crippen LogP contribution is 2.32. The summed E-state index contributed by atoms with van der Waals surface area (Å²) in [5.74, 6) is -0.305. The molecule has 0 fully saturated rings. The molecule has 0 spiro atoms. The third-order valence-electron chi connectivity index (χ3n) is 3.57. The van der Waals surface area contributed by atoms with Crippen molar-refractivity contribution < 1.29 is 9.90 Å². The van der Waals surface area contributed by atoms with Gasteiger partial charge in [0.05, 0.1) is 0 Å². The Labute approximate surface area is 108 Å². The highest BCUT2D eigenvalue weighted by molar-refractivity contribution is 5.86. The van der Waals surface area contributed by atoms with Crippen LogP contribution < -0.4 is 4.90 Å². The van der Waals surface area contributed by atoms with Crippen molar-refractivity contribution >= 4 is 11.7 Å². The molecule has 3 nitrogen and oxygen atoms in total. The van der Waals surface area contributed by atoms with Crippen LogP contribution in [0.4, 0.5) is 5.69 Å². The molecule has 0 aliphatic heterocycles. The fraction of sp³-hybridized carbons (Fsp3) is 0.400. The summed E-state index contributed by atoms with van der Waals surface area (Å²) >= 11 is 0. The SMILES string of the molecule is CN(C)c1ccc(C2CC=C(C(=O)O)CC2)cc1. The maximum atomic E-state index is 10.8. The van der Waals surface area contributed by atoms with Gasteiger partial charge in [0.1, 0.15) is 0 Å². The summed E-state index contributed by atoms with van der Waals surface area (Å²) in [4.78, 5) is 12.9. The van der Waals surface area contributed by atoms with Crippen LogP contribution in [0.1, 0.15) is 30.7 Å². The smallest absolute Gasteiger partial charge is 0.331 e. The molecule has 1 aromatic carbocycles. The molecule has 1 N–H and O–H groups in total. The van der Waals surface area contributed by atoms with E-state index >= 15 is 0 Å². The van der Waals surface area contributed by atoms with Gasteiger partial charge in [-0.1, -0.05) is 18.2 Å². The second-order valence-corrected chi connectivity index (χ2v) is 4.99. The molecule has 18 heavy (non-hydrogen) atoms. The predicted molar refractivity (Wildman–Crippen MR) is 73.1 cm³/mol. The van der Waals surface area contributed by atoms with E-state index in [0.717, 1.165) is 12.8 Å². The maximum Gasteiger partial charge on any atom is 0.331 e. The van der Waals surface area contributed by atoms with Gasteiger partial charge in [0.15, 0.2) is 0 Å². The summed E-state index contributed by atoms with van der Waals surface area (Å²) in [5, 5.41) is 8.92. The molecule has 0 amide bonds. The molecule has 96 valence electrons. The van der Waals surface area contributed by atoms with E-state index in [-0.39, 0.29) is 0 Å². The van der Waals surface area contributed by atoms with Crippen molar-refractivity contribution in [3.05, 3.63) is 41.5 Å². The number of nitrogens with zero attached hydrogens (tertiary/aromatic N) is 1. The molecule has 1 unspecified atom stereocenters. The number of rotatable bonds is 3. The number of hydrogen-bond donors (Lipinski definition) is 1. The number of carboxylic acids is 1. The standard InChI is InChI=1S/C15H19NO2/c1-16(2)14-9-7-12(8-10-14)11-3-5-13(6-4-11)15(17)18/h5,7-11H,3-4,6H2,1-2H3,(H,17,18). The summed E-state index contributed by atoms with van der Waals surface area (Å²) in [6.45, 7) is 0. The molecule has 0 heterocycles. The largest absolute Gasteiger partial charge is 0.478 e. The summed E-state index contributed by atoms with van der Waals surface area (Å²) < 4.78 is 0. The van der Waals surface area contributed by atoms with Crippen LogP contribution in [0.25, 0.3) is 0 Å². The third kappa shape index (κ3) is 2.73. The van der Waals surface area contributed by atoms with E-state index in [1.807, 2.05) is 20.2 Å². The molecular weight excluding hydrogens is 226 g/mol. The van der Waals surface area contributed by atoms with Gasteiger partial charge in [-0.2, -0.15) is 0 Å². The van der Waals surface area contributed by atoms with Crippen LogP contribution in [-0.4, -0.2) is 25.2 Å². The van der Waals surface area contributed by atoms with Gasteiger partial charge in [-0.3, -0.25) is 0 Å². The second-order valence-electron chi connectivity index (χ2n) is 4.99. The van der Waals surface area contributed by atoms with Gasteiger partial charge in [0.2, 0.25) is 0 Å². The van der Waals surface area contributed by atoms with Crippen molar-refractivity contribution in [1.82, 2.24) is 0 Å². The lowest BCUT2D eigenvalue weighted by Crippen LogP contribution is -2.11. The van der Waals surface area contributed by atoms with Gasteiger partial charge >= 0.3 is 5.97 Å². The van der Waals surface area contributed by atoms with Crippen LogP contribution in [0.3, 0.4) is 0 Å². The predicted octanol–water partition coefficient (Wildman–Crippen LogP) is 3.03. The highest BCUT2D eigenvalue weighted by atomic mass is 16.4. The van der Waals surface area contributed by atoms with Crippen molar-refractivity contribution in [2.24, 2.45) is 0 Å². The Balaban J connectivity index is 2.08. The Morgan fingerprint density at radius 1 is 1.28 bits per heavy atom. The van der Waals surface area contributed by atoms with E-state index in [2.05, 4.69) is 29.2 Å². The lowest BCUT2D eigenvalue weighted by Gasteiger charge is -2.21. The van der Waals surface area contributed by atoms with Crippen molar-refractivity contribution in [2.45, 2.75) is 25.2 Å². The zero-order valence-corrected chi connectivity index (χ0v) is 10.9. The molecule has 0 aromatic heterocycles. The molecule has 1 aliphatic carbocycles. The fourth-order valence-corrected chi connectivity index (χ4v) is 2.38. The van der Waals surface area contributed by atoms with Crippen molar-refractivity contribution in [1.29, 1.82) is 0 Å². The van der Waals surface area contributed by atoms with E-state index in [1.54, 1.807) is 0 Å². The zero-order valence-electron chi connectivity index (χ0n) is 10.9. The summed E-state index contributed by atoms with van der Waals surface area (Å²) in [5.41, 5.74) is 3.06. The van der Waals surface area contributed by atoms with E-state index in [4.69, 9.17) is 5.11 Å². The van der Waals surface area contributed by atoms with Crippen molar-refractivity contribution in [3.63, 3.8) is 0 Å². The first-order valence-corrected chi connectivity index (χ1v) is 6.27. The fourth-order valence-electron chi connectivity index (χ4n) is 2.38. The van der Waals surface area contributed by atoms with Gasteiger partial charge in [0, 0.05) is 25.4 Å². The van der Waals surface area contributed by atoms with Crippen LogP contribution in [0.2, 0.25) is 0 Å². The van der Waals surface area contributed by atoms with Crippen LogP contribution in [0.15, 0.2) is 35.9 Å². The molecule has 1 aromatic rings. The zero-order chi connectivity index (χ0) is 13.1. The monoisotopic (exact) mass is 245 g/mol. The number of hydrogen-bond acceptors (Lipinski definition) is 2. The van der Waals surface area contributed by atoms with E-state index in [0.29, 0.717) is 17.9 Å². The van der Waals surface area contributed by atoms with E-state index in [9.17, 15) is 4.79 Å². The quantitative estimate of drug-likeness (QED) is 0.889. The Morgan fingerprint density at radius 3 is 2.39 bits per heavy atom. The molecule has 1 atom stereocenters. The maximum absolute atomic E-state index is 10.8. The molecule has 0 radical (unpaired) electrons. The van der Waals surface area contributed by atoms with Crippen LogP contribution >= 0.6 is 0 Å². The third-order valence-corrected chi connectivity index (χ3v) is 3.57. The topological polar surface area (TPSA) is 40.5 Å². The number of aliphatic carboxylic acids is 1. The molecule has 1 aliphatic rings. The summed E-state index contributed by atoms with van der Waals surface area (Å²) in [6.07, 6.45) is 4.31. The molecule has 2 rings (SSSR count). The first kappa shape index (κ1) is 12.7. The highest BCUT2D eigenvalue weighted by Gasteiger charge is 2.19. The Morgan fingerprint density at radius 2 is 1.94 bits per heavy atom. The van der Waals surface area contributed by atoms with Gasteiger partial charge in [0.25, 0.3) is 0 Å². The lowest BCUT2D eigenvalue weighted by molar-refractivity contribution is -0.132. The van der Waals surface area contributed by atoms with Crippen LogP contribution in [0, 0.1) is 0 Å². The minimum atomic E-state index is -0.767. The number of carboxylic acid groups (broad SMARTS) is 1. The Kier molecular flexibility index (Phi) is 3.70. The number of anilines is 1. The minimum absolute atomic E-state index is 0.462. The Bertz CT molecular complexity index is 460. The van der Waals surface area contributed by atoms with Crippen LogP contribution in [-0.2, 0) is 4.79 Å². The van der Waals surface area contributed by atoms with Gasteiger partial charge in [-0.25, -0.2) is 4.79 Å². The average molecular weight is 245 g/mol. The van der Waals surface area contributed by atoms with E-state index in [1.165, 1.54) is 11.3 Å². The normalized spacial score (nSPS) is 19.2. The second kappa shape index (κ2) is 5.25. The molecule has 0 bridgehead atoms. The van der Waals surface area contributed by atoms with Gasteiger partial charge in [-0.15, -0.1) is 0 Å². The van der Waals surface area contributed by atoms with Gasteiger partial charge in [-0.05, 0) is 42.9 Å². The first-order valence-electron chi connectivity index (χ1n) is 6.27. The lowest BCUT2D eigenvalue weighted by atomic mass is 9.84. The number of allylic oxidation sites excluding steroid dienone is 1. The molecular formula is C15H19NO2. The molecule has 0 saturated heterocycles. The number of benzene rings is 1. The summed E-state index contributed by atoms with van der Waals surface area (Å²) in [6, 6.07) is 8.54. The summed E-state index contributed by atoms with van der Waals surface area (Å²) in [7, 11) is 4.05. The molecule has 3 heteroatoms. The number of carbonyl (C=O) groups is 1. The van der Waals surface area contributed by atoms with Crippen molar-refractivity contribution in [2.75, 3.05) is 19.0 Å². The minimum Gasteiger partial charge on any atom is -0.478 e. The van der Waals surface area contributed by atoms with Crippen LogP contribution in [0.5, 0.6) is 0 Å². The average Bonchev–Trinajstić information content (AvgIpc) is 2.39. The van der Waals surface area contributed by atoms with Crippen molar-refractivity contribution in [3.8, 4) is 0 Å². The Hall–Kier alpha value is -1.77.